The Morgan fingerprint density at radius 3 is 2.62 bits per heavy atom. The Kier molecular flexibility index (Phi) is 7.16. The lowest BCUT2D eigenvalue weighted by atomic mass is 10.2. The number of hydrogen-bond donors (Lipinski definition) is 1. The minimum absolute atomic E-state index is 0.676. The number of anilines is 1. The van der Waals surface area contributed by atoms with Crippen LogP contribution in [-0.4, -0.2) is 51.5 Å². The van der Waals surface area contributed by atoms with Crippen molar-refractivity contribution in [1.82, 2.24) is 4.90 Å². The van der Waals surface area contributed by atoms with E-state index >= 15 is 0 Å². The second-order valence-corrected chi connectivity index (χ2v) is 6.36. The van der Waals surface area contributed by atoms with Crippen molar-refractivity contribution in [2.45, 2.75) is 13.0 Å². The van der Waals surface area contributed by atoms with Crippen LogP contribution in [0.25, 0.3) is 0 Å². The first-order chi connectivity index (χ1) is 12.8. The van der Waals surface area contributed by atoms with Crippen LogP contribution >= 0.6 is 0 Å². The zero-order valence-electron chi connectivity index (χ0n) is 15.4. The molecule has 0 unspecified atom stereocenters. The van der Waals surface area contributed by atoms with Crippen molar-refractivity contribution in [2.24, 2.45) is 0 Å². The van der Waals surface area contributed by atoms with Crippen LogP contribution in [0.5, 0.6) is 11.5 Å². The van der Waals surface area contributed by atoms with Gasteiger partial charge in [-0.2, -0.15) is 0 Å². The molecular weight excluding hydrogens is 328 g/mol. The molecule has 140 valence electrons. The van der Waals surface area contributed by atoms with Gasteiger partial charge in [0.05, 0.1) is 26.9 Å². The number of ether oxygens (including phenoxy) is 3. The van der Waals surface area contributed by atoms with Crippen molar-refractivity contribution in [3.63, 3.8) is 0 Å². The first kappa shape index (κ1) is 18.5. The van der Waals surface area contributed by atoms with Gasteiger partial charge in [0.15, 0.2) is 11.5 Å². The summed E-state index contributed by atoms with van der Waals surface area (Å²) in [6.45, 7) is 6.20. The second-order valence-electron chi connectivity index (χ2n) is 6.36. The fourth-order valence-corrected chi connectivity index (χ4v) is 2.99. The van der Waals surface area contributed by atoms with E-state index in [1.807, 2.05) is 36.4 Å². The standard InChI is InChI=1S/C21H28N2O3/c1-24-20-9-8-19(22-17-18-6-3-2-4-7-18)16-21(20)26-13-5-10-23-11-14-25-15-12-23/h2-4,6-9,16,22H,5,10-15,17H2,1H3. The third-order valence-corrected chi connectivity index (χ3v) is 4.48. The highest BCUT2D eigenvalue weighted by Crippen LogP contribution is 2.30. The fraction of sp³-hybridized carbons (Fsp3) is 0.429. The molecule has 26 heavy (non-hydrogen) atoms. The molecule has 0 radical (unpaired) electrons. The topological polar surface area (TPSA) is 43.0 Å². The van der Waals surface area contributed by atoms with E-state index in [1.165, 1.54) is 5.56 Å². The molecule has 2 aromatic rings. The molecule has 0 bridgehead atoms. The summed E-state index contributed by atoms with van der Waals surface area (Å²) in [6.07, 6.45) is 0.991. The average Bonchev–Trinajstić information content (AvgIpc) is 2.71. The quantitative estimate of drug-likeness (QED) is 0.698. The Labute approximate surface area is 155 Å². The van der Waals surface area contributed by atoms with Crippen LogP contribution in [0, 0.1) is 0 Å². The first-order valence-electron chi connectivity index (χ1n) is 9.24. The summed E-state index contributed by atoms with van der Waals surface area (Å²) < 4.78 is 16.8. The van der Waals surface area contributed by atoms with Crippen molar-refractivity contribution in [3.05, 3.63) is 54.1 Å². The summed E-state index contributed by atoms with van der Waals surface area (Å²) in [5.74, 6) is 1.55. The Balaban J connectivity index is 1.50. The molecule has 1 heterocycles. The van der Waals surface area contributed by atoms with E-state index in [0.29, 0.717) is 6.61 Å². The number of methoxy groups -OCH3 is 1. The highest BCUT2D eigenvalue weighted by molar-refractivity contribution is 5.55. The Bertz CT molecular complexity index is 658. The number of rotatable bonds is 9. The van der Waals surface area contributed by atoms with Gasteiger partial charge in [0.2, 0.25) is 0 Å². The van der Waals surface area contributed by atoms with Gasteiger partial charge in [0.1, 0.15) is 0 Å². The molecule has 0 saturated carbocycles. The van der Waals surface area contributed by atoms with Crippen LogP contribution in [0.4, 0.5) is 5.69 Å². The molecule has 0 amide bonds. The Morgan fingerprint density at radius 2 is 1.85 bits per heavy atom. The fourth-order valence-electron chi connectivity index (χ4n) is 2.99. The third kappa shape index (κ3) is 5.64. The van der Waals surface area contributed by atoms with Crippen molar-refractivity contribution in [3.8, 4) is 11.5 Å². The number of hydrogen-bond acceptors (Lipinski definition) is 5. The molecule has 1 N–H and O–H groups in total. The van der Waals surface area contributed by atoms with Crippen LogP contribution in [0.1, 0.15) is 12.0 Å². The van der Waals surface area contributed by atoms with Gasteiger partial charge >= 0.3 is 0 Å². The van der Waals surface area contributed by atoms with Crippen LogP contribution < -0.4 is 14.8 Å². The molecule has 1 aliphatic heterocycles. The van der Waals surface area contributed by atoms with E-state index in [1.54, 1.807) is 7.11 Å². The molecule has 5 heteroatoms. The SMILES string of the molecule is COc1ccc(NCc2ccccc2)cc1OCCCN1CCOCC1. The molecule has 0 aromatic heterocycles. The van der Waals surface area contributed by atoms with E-state index in [4.69, 9.17) is 14.2 Å². The van der Waals surface area contributed by atoms with Crippen molar-refractivity contribution in [2.75, 3.05) is 51.9 Å². The van der Waals surface area contributed by atoms with Gasteiger partial charge in [-0.3, -0.25) is 4.90 Å². The zero-order valence-corrected chi connectivity index (χ0v) is 15.4. The van der Waals surface area contributed by atoms with Crippen LogP contribution in [0.3, 0.4) is 0 Å². The van der Waals surface area contributed by atoms with E-state index in [0.717, 1.165) is 63.0 Å². The van der Waals surface area contributed by atoms with Crippen molar-refractivity contribution >= 4 is 5.69 Å². The van der Waals surface area contributed by atoms with Gasteiger partial charge in [-0.1, -0.05) is 30.3 Å². The average molecular weight is 356 g/mol. The lowest BCUT2D eigenvalue weighted by Gasteiger charge is -2.26. The molecule has 1 fully saturated rings. The normalized spacial score (nSPS) is 14.8. The highest BCUT2D eigenvalue weighted by atomic mass is 16.5. The van der Waals surface area contributed by atoms with Crippen LogP contribution in [0.2, 0.25) is 0 Å². The monoisotopic (exact) mass is 356 g/mol. The largest absolute Gasteiger partial charge is 0.493 e. The second kappa shape index (κ2) is 10.0. The molecule has 0 aliphatic carbocycles. The third-order valence-electron chi connectivity index (χ3n) is 4.48. The van der Waals surface area contributed by atoms with Gasteiger partial charge in [-0.25, -0.2) is 0 Å². The lowest BCUT2D eigenvalue weighted by Crippen LogP contribution is -2.37. The van der Waals surface area contributed by atoms with Gasteiger partial charge < -0.3 is 19.5 Å². The number of nitrogens with zero attached hydrogens (tertiary/aromatic N) is 1. The van der Waals surface area contributed by atoms with Crippen molar-refractivity contribution < 1.29 is 14.2 Å². The predicted octanol–water partition coefficient (Wildman–Crippen LogP) is 3.41. The van der Waals surface area contributed by atoms with E-state index in [9.17, 15) is 0 Å². The molecule has 0 atom stereocenters. The maximum absolute atomic E-state index is 5.99. The molecule has 1 saturated heterocycles. The first-order valence-corrected chi connectivity index (χ1v) is 9.24. The zero-order chi connectivity index (χ0) is 18.0. The minimum atomic E-state index is 0.676. The lowest BCUT2D eigenvalue weighted by molar-refractivity contribution is 0.0357. The summed E-state index contributed by atoms with van der Waals surface area (Å²) >= 11 is 0. The van der Waals surface area contributed by atoms with Gasteiger partial charge in [0.25, 0.3) is 0 Å². The molecule has 3 rings (SSSR count). The van der Waals surface area contributed by atoms with Gasteiger partial charge in [-0.15, -0.1) is 0 Å². The van der Waals surface area contributed by atoms with E-state index < -0.39 is 0 Å². The van der Waals surface area contributed by atoms with Crippen LogP contribution in [0.15, 0.2) is 48.5 Å². The summed E-state index contributed by atoms with van der Waals surface area (Å²) in [4.78, 5) is 2.42. The summed E-state index contributed by atoms with van der Waals surface area (Å²) in [5, 5.41) is 3.44. The number of morpholine rings is 1. The molecule has 1 aliphatic rings. The number of benzene rings is 2. The van der Waals surface area contributed by atoms with E-state index in [2.05, 4.69) is 22.3 Å². The number of nitrogens with one attached hydrogen (secondary N) is 1. The summed E-state index contributed by atoms with van der Waals surface area (Å²) in [5.41, 5.74) is 2.27. The predicted molar refractivity (Wildman–Crippen MR) is 104 cm³/mol. The summed E-state index contributed by atoms with van der Waals surface area (Å²) in [6, 6.07) is 16.3. The molecule has 5 nitrogen and oxygen atoms in total. The Hall–Kier alpha value is -2.24. The summed E-state index contributed by atoms with van der Waals surface area (Å²) in [7, 11) is 1.67. The van der Waals surface area contributed by atoms with E-state index in [-0.39, 0.29) is 0 Å². The molecule has 0 spiro atoms. The minimum Gasteiger partial charge on any atom is -0.493 e. The smallest absolute Gasteiger partial charge is 0.163 e. The maximum atomic E-state index is 5.99. The van der Waals surface area contributed by atoms with Crippen LogP contribution in [-0.2, 0) is 11.3 Å². The maximum Gasteiger partial charge on any atom is 0.163 e. The van der Waals surface area contributed by atoms with Gasteiger partial charge in [0, 0.05) is 37.9 Å². The molecular formula is C21H28N2O3. The van der Waals surface area contributed by atoms with Gasteiger partial charge in [-0.05, 0) is 24.1 Å². The van der Waals surface area contributed by atoms with Crippen molar-refractivity contribution in [1.29, 1.82) is 0 Å². The highest BCUT2D eigenvalue weighted by Gasteiger charge is 2.10. The Morgan fingerprint density at radius 1 is 1.04 bits per heavy atom. The molecule has 2 aromatic carbocycles.